The average Bonchev–Trinajstić information content (AvgIpc) is 3.00. The van der Waals surface area contributed by atoms with Crippen molar-refractivity contribution in [1.29, 1.82) is 0 Å². The number of anilines is 3. The van der Waals surface area contributed by atoms with Gasteiger partial charge in [0, 0.05) is 29.9 Å². The summed E-state index contributed by atoms with van der Waals surface area (Å²) >= 11 is 6.10. The van der Waals surface area contributed by atoms with E-state index < -0.39 is 0 Å². The van der Waals surface area contributed by atoms with E-state index in [1.165, 1.54) is 0 Å². The molecule has 1 N–H and O–H groups in total. The third kappa shape index (κ3) is 1.87. The van der Waals surface area contributed by atoms with Crippen LogP contribution in [0.25, 0.3) is 0 Å². The molecule has 0 fully saturated rings. The molecule has 0 saturated heterocycles. The van der Waals surface area contributed by atoms with Gasteiger partial charge in [-0.25, -0.2) is 0 Å². The molecule has 0 spiro atoms. The fourth-order valence-corrected chi connectivity index (χ4v) is 3.14. The van der Waals surface area contributed by atoms with Gasteiger partial charge in [-0.15, -0.1) is 0 Å². The Kier molecular flexibility index (Phi) is 2.62. The number of amides is 1. The summed E-state index contributed by atoms with van der Waals surface area (Å²) < 4.78 is 0. The Morgan fingerprint density at radius 3 is 2.90 bits per heavy atom. The first-order chi connectivity index (χ1) is 10.1. The van der Waals surface area contributed by atoms with Gasteiger partial charge in [-0.05, 0) is 42.0 Å². The van der Waals surface area contributed by atoms with Crippen molar-refractivity contribution < 1.29 is 4.79 Å². The largest absolute Gasteiger partial charge is 0.366 e. The highest BCUT2D eigenvalue weighted by Gasteiger charge is 2.26. The van der Waals surface area contributed by atoms with E-state index in [9.17, 15) is 4.79 Å². The van der Waals surface area contributed by atoms with Crippen molar-refractivity contribution in [2.24, 2.45) is 0 Å². The molecule has 0 saturated carbocycles. The van der Waals surface area contributed by atoms with Crippen LogP contribution in [0.2, 0.25) is 5.02 Å². The second-order valence-corrected chi connectivity index (χ2v) is 5.86. The minimum atomic E-state index is 0.0968. The molecule has 21 heavy (non-hydrogen) atoms. The predicted octanol–water partition coefficient (Wildman–Crippen LogP) is 3.45. The Hall–Kier alpha value is -2.20. The van der Waals surface area contributed by atoms with Crippen molar-refractivity contribution in [3.05, 3.63) is 52.5 Å². The van der Waals surface area contributed by atoms with Gasteiger partial charge in [0.05, 0.1) is 18.0 Å². The molecule has 4 rings (SSSR count). The Bertz CT molecular complexity index is 759. The molecule has 0 aromatic heterocycles. The van der Waals surface area contributed by atoms with Crippen LogP contribution >= 0.6 is 11.6 Å². The fourth-order valence-electron chi connectivity index (χ4n) is 2.98. The summed E-state index contributed by atoms with van der Waals surface area (Å²) in [5.41, 5.74) is 5.11. The lowest BCUT2D eigenvalue weighted by molar-refractivity contribution is 0.0816. The number of halogens is 1. The minimum Gasteiger partial charge on any atom is -0.366 e. The van der Waals surface area contributed by atoms with Gasteiger partial charge >= 0.3 is 0 Å². The van der Waals surface area contributed by atoms with Crippen LogP contribution in [-0.2, 0) is 6.54 Å². The summed E-state index contributed by atoms with van der Waals surface area (Å²) in [6.07, 6.45) is 0. The lowest BCUT2D eigenvalue weighted by Gasteiger charge is -2.19. The van der Waals surface area contributed by atoms with Gasteiger partial charge in [0.2, 0.25) is 0 Å². The molecule has 4 nitrogen and oxygen atoms in total. The molecule has 0 unspecified atom stereocenters. The molecule has 2 heterocycles. The summed E-state index contributed by atoms with van der Waals surface area (Å²) in [6, 6.07) is 11.8. The molecule has 1 amide bonds. The SMILES string of the molecule is CN1Cc2cc(N3CNc4ccc(Cl)cc43)ccc2C1=O. The van der Waals surface area contributed by atoms with Crippen LogP contribution in [0.15, 0.2) is 36.4 Å². The quantitative estimate of drug-likeness (QED) is 0.876. The highest BCUT2D eigenvalue weighted by Crippen LogP contribution is 2.39. The number of fused-ring (bicyclic) bond motifs is 2. The van der Waals surface area contributed by atoms with Gasteiger partial charge in [0.1, 0.15) is 0 Å². The average molecular weight is 300 g/mol. The number of hydrogen-bond donors (Lipinski definition) is 1. The standard InChI is InChI=1S/C16H14ClN3O/c1-19-8-10-6-12(3-4-13(10)16(19)21)20-9-18-14-5-2-11(17)7-15(14)20/h2-7,18H,8-9H2,1H3. The van der Waals surface area contributed by atoms with Crippen LogP contribution in [0.3, 0.4) is 0 Å². The molecular formula is C16H14ClN3O. The second kappa shape index (κ2) is 4.40. The Balaban J connectivity index is 1.76. The molecule has 0 atom stereocenters. The zero-order valence-electron chi connectivity index (χ0n) is 11.6. The topological polar surface area (TPSA) is 35.6 Å². The van der Waals surface area contributed by atoms with Gasteiger partial charge in [-0.3, -0.25) is 4.79 Å². The zero-order chi connectivity index (χ0) is 14.6. The van der Waals surface area contributed by atoms with Crippen LogP contribution in [0.4, 0.5) is 17.1 Å². The van der Waals surface area contributed by atoms with Crippen LogP contribution in [0.1, 0.15) is 15.9 Å². The maximum Gasteiger partial charge on any atom is 0.254 e. The summed E-state index contributed by atoms with van der Waals surface area (Å²) in [4.78, 5) is 15.9. The van der Waals surface area contributed by atoms with Crippen LogP contribution in [-0.4, -0.2) is 24.5 Å². The van der Waals surface area contributed by atoms with Crippen LogP contribution < -0.4 is 10.2 Å². The van der Waals surface area contributed by atoms with Gasteiger partial charge in [-0.1, -0.05) is 11.6 Å². The molecule has 106 valence electrons. The predicted molar refractivity (Wildman–Crippen MR) is 84.3 cm³/mol. The highest BCUT2D eigenvalue weighted by atomic mass is 35.5. The van der Waals surface area contributed by atoms with Crippen molar-refractivity contribution >= 4 is 34.6 Å². The summed E-state index contributed by atoms with van der Waals surface area (Å²) in [5, 5.41) is 4.07. The fraction of sp³-hybridized carbons (Fsp3) is 0.188. The van der Waals surface area contributed by atoms with Crippen molar-refractivity contribution in [2.45, 2.75) is 6.54 Å². The first kappa shape index (κ1) is 12.5. The normalized spacial score (nSPS) is 16.0. The van der Waals surface area contributed by atoms with E-state index in [1.807, 2.05) is 37.4 Å². The number of benzene rings is 2. The molecule has 2 aliphatic heterocycles. The Morgan fingerprint density at radius 1 is 1.19 bits per heavy atom. The smallest absolute Gasteiger partial charge is 0.254 e. The van der Waals surface area contributed by atoms with E-state index >= 15 is 0 Å². The summed E-state index contributed by atoms with van der Waals surface area (Å²) in [7, 11) is 1.83. The van der Waals surface area contributed by atoms with E-state index in [-0.39, 0.29) is 5.91 Å². The Labute approximate surface area is 127 Å². The molecular weight excluding hydrogens is 286 g/mol. The van der Waals surface area contributed by atoms with Gasteiger partial charge in [0.25, 0.3) is 5.91 Å². The van der Waals surface area contributed by atoms with Crippen molar-refractivity contribution in [3.8, 4) is 0 Å². The van der Waals surface area contributed by atoms with E-state index in [0.29, 0.717) is 13.2 Å². The zero-order valence-corrected chi connectivity index (χ0v) is 12.3. The number of nitrogens with one attached hydrogen (secondary N) is 1. The van der Waals surface area contributed by atoms with Gasteiger partial charge in [-0.2, -0.15) is 0 Å². The minimum absolute atomic E-state index is 0.0968. The molecule has 5 heteroatoms. The molecule has 2 aliphatic rings. The number of hydrogen-bond acceptors (Lipinski definition) is 3. The van der Waals surface area contributed by atoms with Crippen molar-refractivity contribution in [3.63, 3.8) is 0 Å². The maximum absolute atomic E-state index is 12.0. The lowest BCUT2D eigenvalue weighted by Crippen LogP contribution is -2.17. The lowest BCUT2D eigenvalue weighted by atomic mass is 10.1. The van der Waals surface area contributed by atoms with Crippen LogP contribution in [0, 0.1) is 0 Å². The summed E-state index contributed by atoms with van der Waals surface area (Å²) in [6.45, 7) is 1.38. The van der Waals surface area contributed by atoms with E-state index in [1.54, 1.807) is 4.90 Å². The second-order valence-electron chi connectivity index (χ2n) is 5.43. The number of nitrogens with zero attached hydrogens (tertiary/aromatic N) is 2. The van der Waals surface area contributed by atoms with Crippen molar-refractivity contribution in [1.82, 2.24) is 4.90 Å². The number of rotatable bonds is 1. The monoisotopic (exact) mass is 299 g/mol. The Morgan fingerprint density at radius 2 is 2.05 bits per heavy atom. The van der Waals surface area contributed by atoms with Gasteiger partial charge in [0.15, 0.2) is 0 Å². The molecule has 2 aromatic rings. The first-order valence-corrected chi connectivity index (χ1v) is 7.20. The highest BCUT2D eigenvalue weighted by molar-refractivity contribution is 6.31. The van der Waals surface area contributed by atoms with E-state index in [2.05, 4.69) is 16.3 Å². The summed E-state index contributed by atoms with van der Waals surface area (Å²) in [5.74, 6) is 0.0968. The van der Waals surface area contributed by atoms with Crippen LogP contribution in [0.5, 0.6) is 0 Å². The van der Waals surface area contributed by atoms with E-state index in [4.69, 9.17) is 11.6 Å². The number of carbonyl (C=O) groups excluding carboxylic acids is 1. The van der Waals surface area contributed by atoms with Gasteiger partial charge < -0.3 is 15.1 Å². The van der Waals surface area contributed by atoms with Crippen molar-refractivity contribution in [2.75, 3.05) is 23.9 Å². The van der Waals surface area contributed by atoms with E-state index in [0.717, 1.165) is 33.2 Å². The third-order valence-electron chi connectivity index (χ3n) is 4.06. The molecule has 0 radical (unpaired) electrons. The third-order valence-corrected chi connectivity index (χ3v) is 4.30. The first-order valence-electron chi connectivity index (χ1n) is 6.83. The molecule has 2 aromatic carbocycles. The molecule has 0 aliphatic carbocycles. The number of carbonyl (C=O) groups is 1. The molecule has 0 bridgehead atoms. The maximum atomic E-state index is 12.0.